The van der Waals surface area contributed by atoms with Gasteiger partial charge in [0.15, 0.2) is 0 Å². The summed E-state index contributed by atoms with van der Waals surface area (Å²) in [5.41, 5.74) is 0. The monoisotopic (exact) mass is 264 g/mol. The third kappa shape index (κ3) is 3.97. The number of aliphatic carboxylic acids is 1. The van der Waals surface area contributed by atoms with E-state index in [4.69, 9.17) is 5.11 Å². The summed E-state index contributed by atoms with van der Waals surface area (Å²) in [5.74, 6) is -0.810. The molecular formula is C9H16N2O5S. The Morgan fingerprint density at radius 3 is 2.71 bits per heavy atom. The molecule has 1 fully saturated rings. The van der Waals surface area contributed by atoms with E-state index in [2.05, 4.69) is 5.32 Å². The number of β-amino-alcohol motifs (C(OH)–C–C–N with tert-alkyl or cyclic N) is 1. The van der Waals surface area contributed by atoms with Crippen LogP contribution < -0.4 is 5.32 Å². The summed E-state index contributed by atoms with van der Waals surface area (Å²) in [5, 5.41) is 20.7. The van der Waals surface area contributed by atoms with Crippen molar-refractivity contribution in [2.45, 2.75) is 18.6 Å². The van der Waals surface area contributed by atoms with E-state index in [9.17, 15) is 18.9 Å². The molecule has 0 aromatic carbocycles. The Balaban J connectivity index is 2.49. The van der Waals surface area contributed by atoms with Gasteiger partial charge in [-0.15, -0.1) is 0 Å². The Morgan fingerprint density at radius 1 is 1.53 bits per heavy atom. The molecule has 2 amide bonds. The summed E-state index contributed by atoms with van der Waals surface area (Å²) < 4.78 is 10.8. The molecule has 3 atom stereocenters. The van der Waals surface area contributed by atoms with Gasteiger partial charge >= 0.3 is 12.0 Å². The predicted molar refractivity (Wildman–Crippen MR) is 61.1 cm³/mol. The van der Waals surface area contributed by atoms with Crippen molar-refractivity contribution in [3.63, 3.8) is 0 Å². The van der Waals surface area contributed by atoms with Gasteiger partial charge in [-0.25, -0.2) is 9.59 Å². The molecule has 0 saturated carbocycles. The molecule has 1 unspecified atom stereocenters. The molecule has 1 aliphatic rings. The van der Waals surface area contributed by atoms with Crippen LogP contribution in [0.5, 0.6) is 0 Å². The zero-order valence-electron chi connectivity index (χ0n) is 9.46. The zero-order valence-corrected chi connectivity index (χ0v) is 10.3. The second-order valence-electron chi connectivity index (χ2n) is 3.91. The van der Waals surface area contributed by atoms with Crippen LogP contribution in [0.15, 0.2) is 0 Å². The number of carbonyl (C=O) groups excluding carboxylic acids is 1. The molecule has 0 radical (unpaired) electrons. The number of hydrogen-bond donors (Lipinski definition) is 3. The summed E-state index contributed by atoms with van der Waals surface area (Å²) in [4.78, 5) is 23.6. The number of nitrogens with one attached hydrogen (secondary N) is 1. The summed E-state index contributed by atoms with van der Waals surface area (Å²) in [6.45, 7) is 0.235. The van der Waals surface area contributed by atoms with Gasteiger partial charge in [0.1, 0.15) is 6.04 Å². The van der Waals surface area contributed by atoms with E-state index in [0.717, 1.165) is 4.90 Å². The number of aliphatic hydroxyl groups excluding tert-OH is 1. The lowest BCUT2D eigenvalue weighted by Crippen LogP contribution is -2.47. The number of carboxylic acid groups (broad SMARTS) is 1. The quantitative estimate of drug-likeness (QED) is 0.578. The van der Waals surface area contributed by atoms with E-state index in [1.807, 2.05) is 0 Å². The molecule has 0 bridgehead atoms. The number of carboxylic acids is 1. The molecule has 98 valence electrons. The van der Waals surface area contributed by atoms with E-state index in [1.54, 1.807) is 0 Å². The third-order valence-corrected chi connectivity index (χ3v) is 3.27. The number of hydrogen-bond acceptors (Lipinski definition) is 4. The van der Waals surface area contributed by atoms with Crippen LogP contribution in [0.1, 0.15) is 6.42 Å². The number of carbonyl (C=O) groups is 2. The van der Waals surface area contributed by atoms with Crippen molar-refractivity contribution in [2.75, 3.05) is 25.1 Å². The lowest BCUT2D eigenvalue weighted by molar-refractivity contribution is -0.141. The molecule has 0 aromatic heterocycles. The van der Waals surface area contributed by atoms with Crippen LogP contribution in [-0.4, -0.2) is 68.6 Å². The third-order valence-electron chi connectivity index (χ3n) is 2.49. The molecule has 17 heavy (non-hydrogen) atoms. The smallest absolute Gasteiger partial charge is 0.326 e. The first-order valence-corrected chi connectivity index (χ1v) is 6.90. The van der Waals surface area contributed by atoms with Crippen LogP contribution >= 0.6 is 0 Å². The van der Waals surface area contributed by atoms with Crippen LogP contribution in [0.4, 0.5) is 4.79 Å². The largest absolute Gasteiger partial charge is 0.480 e. The number of rotatable bonds is 4. The predicted octanol–water partition coefficient (Wildman–Crippen LogP) is -1.41. The number of nitrogens with zero attached hydrogens (tertiary/aromatic N) is 1. The van der Waals surface area contributed by atoms with Gasteiger partial charge in [0.05, 0.1) is 6.10 Å². The van der Waals surface area contributed by atoms with E-state index >= 15 is 0 Å². The molecule has 0 spiro atoms. The Kier molecular flexibility index (Phi) is 4.88. The molecule has 7 nitrogen and oxygen atoms in total. The van der Waals surface area contributed by atoms with Crippen molar-refractivity contribution in [2.24, 2.45) is 0 Å². The van der Waals surface area contributed by atoms with Crippen molar-refractivity contribution in [1.82, 2.24) is 10.2 Å². The average molecular weight is 264 g/mol. The molecule has 8 heteroatoms. The number of urea groups is 1. The molecule has 0 aromatic rings. The van der Waals surface area contributed by atoms with Crippen molar-refractivity contribution >= 4 is 22.8 Å². The Morgan fingerprint density at radius 2 is 2.18 bits per heavy atom. The highest BCUT2D eigenvalue weighted by Crippen LogP contribution is 2.17. The van der Waals surface area contributed by atoms with Gasteiger partial charge in [-0.1, -0.05) is 0 Å². The number of aliphatic hydroxyl groups is 1. The van der Waals surface area contributed by atoms with Crippen molar-refractivity contribution < 1.29 is 24.0 Å². The zero-order chi connectivity index (χ0) is 13.0. The molecule has 3 N–H and O–H groups in total. The maximum absolute atomic E-state index is 11.6. The van der Waals surface area contributed by atoms with E-state index in [1.165, 1.54) is 6.26 Å². The molecular weight excluding hydrogens is 248 g/mol. The molecule has 1 saturated heterocycles. The summed E-state index contributed by atoms with van der Waals surface area (Å²) in [6.07, 6.45) is 0.760. The number of amides is 2. The van der Waals surface area contributed by atoms with Gasteiger partial charge < -0.3 is 20.4 Å². The highest BCUT2D eigenvalue weighted by Gasteiger charge is 2.38. The first kappa shape index (κ1) is 13.9. The highest BCUT2D eigenvalue weighted by atomic mass is 32.2. The summed E-state index contributed by atoms with van der Waals surface area (Å²) >= 11 is 0. The van der Waals surface area contributed by atoms with Crippen LogP contribution in [0.2, 0.25) is 0 Å². The molecule has 1 aliphatic heterocycles. The van der Waals surface area contributed by atoms with Crippen LogP contribution in [-0.2, 0) is 15.6 Å². The van der Waals surface area contributed by atoms with E-state index < -0.39 is 34.9 Å². The van der Waals surface area contributed by atoms with Crippen LogP contribution in [0, 0.1) is 0 Å². The van der Waals surface area contributed by atoms with Crippen molar-refractivity contribution in [3.05, 3.63) is 0 Å². The first-order chi connectivity index (χ1) is 7.91. The number of likely N-dealkylation sites (tertiary alicyclic amines) is 1. The van der Waals surface area contributed by atoms with Crippen LogP contribution in [0.3, 0.4) is 0 Å². The first-order valence-electron chi connectivity index (χ1n) is 5.17. The fourth-order valence-electron chi connectivity index (χ4n) is 1.68. The minimum Gasteiger partial charge on any atom is -0.480 e. The Bertz CT molecular complexity index is 335. The van der Waals surface area contributed by atoms with Crippen molar-refractivity contribution in [1.29, 1.82) is 0 Å². The fraction of sp³-hybridized carbons (Fsp3) is 0.778. The average Bonchev–Trinajstić information content (AvgIpc) is 2.59. The van der Waals surface area contributed by atoms with E-state index in [-0.39, 0.29) is 19.5 Å². The van der Waals surface area contributed by atoms with Gasteiger partial charge in [0, 0.05) is 42.3 Å². The van der Waals surface area contributed by atoms with Gasteiger partial charge in [-0.2, -0.15) is 0 Å². The van der Waals surface area contributed by atoms with Gasteiger partial charge in [-0.05, 0) is 0 Å². The van der Waals surface area contributed by atoms with Crippen molar-refractivity contribution in [3.8, 4) is 0 Å². The summed E-state index contributed by atoms with van der Waals surface area (Å²) in [6, 6.07) is -1.53. The van der Waals surface area contributed by atoms with E-state index in [0.29, 0.717) is 5.75 Å². The normalized spacial score (nSPS) is 25.6. The molecule has 1 rings (SSSR count). The standard InChI is InChI=1S/C9H16N2O5S/c1-17(16)3-2-10-9(15)11-5-6(12)4-7(11)8(13)14/h6-7,12H,2-5H2,1H3,(H,10,15)(H,13,14)/t6-,7+,17?/m1/s1. The molecule has 1 heterocycles. The fourth-order valence-corrected chi connectivity index (χ4v) is 2.07. The van der Waals surface area contributed by atoms with Gasteiger partial charge in [-0.3, -0.25) is 4.21 Å². The maximum Gasteiger partial charge on any atom is 0.326 e. The minimum atomic E-state index is -1.13. The topological polar surface area (TPSA) is 107 Å². The SMILES string of the molecule is CS(=O)CCNC(=O)N1C[C@H](O)C[C@H]1C(=O)O. The maximum atomic E-state index is 11.6. The molecule has 0 aliphatic carbocycles. The summed E-state index contributed by atoms with van der Waals surface area (Å²) in [7, 11) is -1.01. The lowest BCUT2D eigenvalue weighted by Gasteiger charge is -2.21. The highest BCUT2D eigenvalue weighted by molar-refractivity contribution is 7.84. The lowest BCUT2D eigenvalue weighted by atomic mass is 10.2. The van der Waals surface area contributed by atoms with Crippen LogP contribution in [0.25, 0.3) is 0 Å². The Labute approximate surface area is 101 Å². The second-order valence-corrected chi connectivity index (χ2v) is 5.46. The Hall–Kier alpha value is -1.15. The minimum absolute atomic E-state index is 0.0119. The van der Waals surface area contributed by atoms with Gasteiger partial charge in [0.25, 0.3) is 0 Å². The second kappa shape index (κ2) is 5.97. The van der Waals surface area contributed by atoms with Gasteiger partial charge in [0.2, 0.25) is 0 Å².